The highest BCUT2D eigenvalue weighted by molar-refractivity contribution is 7.16. The highest BCUT2D eigenvalue weighted by Crippen LogP contribution is 2.21. The first-order valence-corrected chi connectivity index (χ1v) is 7.64. The molecule has 2 amide bonds. The molecule has 20 heavy (non-hydrogen) atoms. The Morgan fingerprint density at radius 3 is 2.65 bits per heavy atom. The van der Waals surface area contributed by atoms with E-state index in [1.165, 1.54) is 11.3 Å². The molecule has 0 aliphatic carbocycles. The molecule has 0 aliphatic rings. The standard InChI is InChI=1S/C13H19ClN2O3S/c1-3-8(2)11(12(17)18)16-13(19)15-7-6-9-4-5-10(14)20-9/h4-5,8,11H,3,6-7H2,1-2H3,(H,17,18)(H2,15,16,19). The number of hydrogen-bond donors (Lipinski definition) is 3. The molecule has 7 heteroatoms. The zero-order valence-electron chi connectivity index (χ0n) is 11.5. The Morgan fingerprint density at radius 1 is 1.45 bits per heavy atom. The molecule has 5 nitrogen and oxygen atoms in total. The minimum absolute atomic E-state index is 0.116. The number of halogens is 1. The highest BCUT2D eigenvalue weighted by Gasteiger charge is 2.24. The van der Waals surface area contributed by atoms with Gasteiger partial charge in [-0.3, -0.25) is 0 Å². The first-order valence-electron chi connectivity index (χ1n) is 6.45. The summed E-state index contributed by atoms with van der Waals surface area (Å²) in [5.74, 6) is -1.13. The van der Waals surface area contributed by atoms with E-state index in [1.54, 1.807) is 6.92 Å². The molecule has 3 N–H and O–H groups in total. The van der Waals surface area contributed by atoms with E-state index in [4.69, 9.17) is 16.7 Å². The summed E-state index contributed by atoms with van der Waals surface area (Å²) in [7, 11) is 0. The Hall–Kier alpha value is -1.27. The van der Waals surface area contributed by atoms with Gasteiger partial charge < -0.3 is 15.7 Å². The van der Waals surface area contributed by atoms with Crippen molar-refractivity contribution in [2.45, 2.75) is 32.7 Å². The van der Waals surface area contributed by atoms with Crippen LogP contribution in [0.1, 0.15) is 25.1 Å². The van der Waals surface area contributed by atoms with Crippen molar-refractivity contribution < 1.29 is 14.7 Å². The van der Waals surface area contributed by atoms with Crippen LogP contribution in [0, 0.1) is 5.92 Å². The van der Waals surface area contributed by atoms with Gasteiger partial charge in [0, 0.05) is 11.4 Å². The van der Waals surface area contributed by atoms with Crippen molar-refractivity contribution in [1.82, 2.24) is 10.6 Å². The second kappa shape index (κ2) is 8.11. The molecule has 0 radical (unpaired) electrons. The maximum atomic E-state index is 11.7. The topological polar surface area (TPSA) is 78.4 Å². The minimum atomic E-state index is -1.01. The average molecular weight is 319 g/mol. The molecule has 0 aliphatic heterocycles. The number of amides is 2. The third-order valence-corrected chi connectivity index (χ3v) is 4.34. The molecule has 0 saturated carbocycles. The molecule has 2 atom stereocenters. The lowest BCUT2D eigenvalue weighted by molar-refractivity contribution is -0.140. The van der Waals surface area contributed by atoms with Crippen LogP contribution < -0.4 is 10.6 Å². The summed E-state index contributed by atoms with van der Waals surface area (Å²) >= 11 is 7.28. The van der Waals surface area contributed by atoms with Crippen LogP contribution in [0.5, 0.6) is 0 Å². The Balaban J connectivity index is 2.36. The Bertz CT molecular complexity index is 464. The summed E-state index contributed by atoms with van der Waals surface area (Å²) in [6.07, 6.45) is 1.36. The maximum Gasteiger partial charge on any atom is 0.326 e. The molecule has 1 rings (SSSR count). The van der Waals surface area contributed by atoms with E-state index in [1.807, 2.05) is 19.1 Å². The van der Waals surface area contributed by atoms with Crippen molar-refractivity contribution in [3.8, 4) is 0 Å². The highest BCUT2D eigenvalue weighted by atomic mass is 35.5. The number of carboxylic acid groups (broad SMARTS) is 1. The molecule has 1 aromatic heterocycles. The Labute approximate surface area is 127 Å². The van der Waals surface area contributed by atoms with Crippen molar-refractivity contribution in [3.63, 3.8) is 0 Å². The summed E-state index contributed by atoms with van der Waals surface area (Å²) in [5, 5.41) is 14.2. The SMILES string of the molecule is CCC(C)C(NC(=O)NCCc1ccc(Cl)s1)C(=O)O. The average Bonchev–Trinajstić information content (AvgIpc) is 2.80. The molecule has 2 unspecified atom stereocenters. The van der Waals surface area contributed by atoms with E-state index >= 15 is 0 Å². The quantitative estimate of drug-likeness (QED) is 0.723. The van der Waals surface area contributed by atoms with Crippen LogP contribution in [-0.2, 0) is 11.2 Å². The number of urea groups is 1. The van der Waals surface area contributed by atoms with Gasteiger partial charge in [-0.25, -0.2) is 9.59 Å². The van der Waals surface area contributed by atoms with Crippen molar-refractivity contribution in [1.29, 1.82) is 0 Å². The first kappa shape index (κ1) is 16.8. The van der Waals surface area contributed by atoms with Gasteiger partial charge in [-0.15, -0.1) is 11.3 Å². The number of aliphatic carboxylic acids is 1. The molecule has 1 aromatic rings. The number of hydrogen-bond acceptors (Lipinski definition) is 3. The van der Waals surface area contributed by atoms with Gasteiger partial charge >= 0.3 is 12.0 Å². The second-order valence-electron chi connectivity index (χ2n) is 4.56. The molecule has 0 bridgehead atoms. The summed E-state index contributed by atoms with van der Waals surface area (Å²) in [6.45, 7) is 4.13. The Morgan fingerprint density at radius 2 is 2.15 bits per heavy atom. The minimum Gasteiger partial charge on any atom is -0.480 e. The fraction of sp³-hybridized carbons (Fsp3) is 0.538. The van der Waals surface area contributed by atoms with Crippen molar-refractivity contribution in [2.24, 2.45) is 5.92 Å². The van der Waals surface area contributed by atoms with Crippen molar-refractivity contribution in [2.75, 3.05) is 6.54 Å². The lowest BCUT2D eigenvalue weighted by Gasteiger charge is -2.20. The largest absolute Gasteiger partial charge is 0.480 e. The van der Waals surface area contributed by atoms with Gasteiger partial charge in [-0.05, 0) is 24.5 Å². The van der Waals surface area contributed by atoms with Crippen LogP contribution in [0.15, 0.2) is 12.1 Å². The number of thiophene rings is 1. The zero-order chi connectivity index (χ0) is 15.1. The van der Waals surface area contributed by atoms with E-state index in [9.17, 15) is 9.59 Å². The molecule has 0 aromatic carbocycles. The van der Waals surface area contributed by atoms with Gasteiger partial charge in [0.2, 0.25) is 0 Å². The van der Waals surface area contributed by atoms with Crippen molar-refractivity contribution in [3.05, 3.63) is 21.3 Å². The zero-order valence-corrected chi connectivity index (χ0v) is 13.1. The first-order chi connectivity index (χ1) is 9.43. The van der Waals surface area contributed by atoms with Crippen LogP contribution in [0.4, 0.5) is 4.79 Å². The maximum absolute atomic E-state index is 11.7. The number of carboxylic acids is 1. The van der Waals surface area contributed by atoms with Crippen molar-refractivity contribution >= 4 is 34.9 Å². The fourth-order valence-electron chi connectivity index (χ4n) is 1.66. The Kier molecular flexibility index (Phi) is 6.81. The van der Waals surface area contributed by atoms with E-state index in [-0.39, 0.29) is 5.92 Å². The molecule has 1 heterocycles. The van der Waals surface area contributed by atoms with Gasteiger partial charge in [0.25, 0.3) is 0 Å². The monoisotopic (exact) mass is 318 g/mol. The molecule has 112 valence electrons. The smallest absolute Gasteiger partial charge is 0.326 e. The van der Waals surface area contributed by atoms with Gasteiger partial charge in [-0.2, -0.15) is 0 Å². The number of carbonyl (C=O) groups excluding carboxylic acids is 1. The third-order valence-electron chi connectivity index (χ3n) is 3.05. The molecule has 0 fully saturated rings. The van der Waals surface area contributed by atoms with Crippen LogP contribution in [-0.4, -0.2) is 29.7 Å². The lowest BCUT2D eigenvalue weighted by Crippen LogP contribution is -2.49. The van der Waals surface area contributed by atoms with Crippen LogP contribution in [0.2, 0.25) is 4.34 Å². The summed E-state index contributed by atoms with van der Waals surface area (Å²) in [5.41, 5.74) is 0. The molecular weight excluding hydrogens is 300 g/mol. The van der Waals surface area contributed by atoms with E-state index < -0.39 is 18.0 Å². The molecule has 0 saturated heterocycles. The molecular formula is C13H19ClN2O3S. The predicted octanol–water partition coefficient (Wildman–Crippen LogP) is 2.74. The van der Waals surface area contributed by atoms with E-state index in [2.05, 4.69) is 10.6 Å². The summed E-state index contributed by atoms with van der Waals surface area (Å²) in [4.78, 5) is 23.8. The van der Waals surface area contributed by atoms with Gasteiger partial charge in [0.15, 0.2) is 0 Å². The van der Waals surface area contributed by atoms with E-state index in [0.29, 0.717) is 23.7 Å². The van der Waals surface area contributed by atoms with Crippen LogP contribution >= 0.6 is 22.9 Å². The predicted molar refractivity (Wildman–Crippen MR) is 80.4 cm³/mol. The lowest BCUT2D eigenvalue weighted by atomic mass is 9.99. The number of nitrogens with one attached hydrogen (secondary N) is 2. The summed E-state index contributed by atoms with van der Waals surface area (Å²) in [6, 6.07) is 2.40. The van der Waals surface area contributed by atoms with Crippen LogP contribution in [0.3, 0.4) is 0 Å². The number of carbonyl (C=O) groups is 2. The number of rotatable bonds is 7. The van der Waals surface area contributed by atoms with Gasteiger partial charge in [-0.1, -0.05) is 31.9 Å². The third kappa shape index (κ3) is 5.38. The normalized spacial score (nSPS) is 13.6. The fourth-order valence-corrected chi connectivity index (χ4v) is 2.75. The van der Waals surface area contributed by atoms with E-state index in [0.717, 1.165) is 4.88 Å². The van der Waals surface area contributed by atoms with Gasteiger partial charge in [0.1, 0.15) is 6.04 Å². The molecule has 0 spiro atoms. The van der Waals surface area contributed by atoms with Crippen LogP contribution in [0.25, 0.3) is 0 Å². The second-order valence-corrected chi connectivity index (χ2v) is 6.36. The van der Waals surface area contributed by atoms with Gasteiger partial charge in [0.05, 0.1) is 4.34 Å². The summed E-state index contributed by atoms with van der Waals surface area (Å²) < 4.78 is 0.715.